The van der Waals surface area contributed by atoms with E-state index in [-0.39, 0.29) is 0 Å². The summed E-state index contributed by atoms with van der Waals surface area (Å²) in [5.74, 6) is 0.372. The third-order valence-electron chi connectivity index (χ3n) is 3.16. The number of carbonyl (C=O) groups excluding carboxylic acids is 1. The van der Waals surface area contributed by atoms with E-state index in [2.05, 4.69) is 5.32 Å². The number of nitrogens with one attached hydrogen (secondary N) is 1. The Balaban J connectivity index is 1.71. The second-order valence-corrected chi connectivity index (χ2v) is 5.57. The second kappa shape index (κ2) is 7.19. The molecule has 2 aromatic carbocycles. The molecule has 1 aliphatic heterocycles. The molecular weight excluding hydrogens is 341 g/mol. The molecule has 23 heavy (non-hydrogen) atoms. The van der Waals surface area contributed by atoms with Crippen LogP contribution in [0.3, 0.4) is 0 Å². The molecule has 1 amide bonds. The van der Waals surface area contributed by atoms with Gasteiger partial charge in [-0.25, -0.2) is 4.79 Å². The van der Waals surface area contributed by atoms with Gasteiger partial charge in [0.15, 0.2) is 6.29 Å². The van der Waals surface area contributed by atoms with Crippen molar-refractivity contribution in [3.8, 4) is 5.75 Å². The zero-order valence-corrected chi connectivity index (χ0v) is 13.4. The maximum atomic E-state index is 12.1. The highest BCUT2D eigenvalue weighted by Crippen LogP contribution is 2.31. The first-order chi connectivity index (χ1) is 11.1. The van der Waals surface area contributed by atoms with Crippen LogP contribution in [0.1, 0.15) is 11.9 Å². The summed E-state index contributed by atoms with van der Waals surface area (Å²) in [6.07, 6.45) is -1.17. The molecule has 1 saturated heterocycles. The molecule has 3 rings (SSSR count). The summed E-state index contributed by atoms with van der Waals surface area (Å²) in [5, 5.41) is 3.34. The van der Waals surface area contributed by atoms with Gasteiger partial charge in [0.05, 0.1) is 28.8 Å². The van der Waals surface area contributed by atoms with Crippen molar-refractivity contribution in [1.29, 1.82) is 0 Å². The fourth-order valence-electron chi connectivity index (χ4n) is 2.12. The SMILES string of the molecule is O=C(Nc1ccc(Cl)c(Cl)c1)Oc1ccccc1C1OCCO1. The van der Waals surface area contributed by atoms with E-state index in [0.29, 0.717) is 40.3 Å². The van der Waals surface area contributed by atoms with Crippen LogP contribution in [0.2, 0.25) is 10.0 Å². The molecule has 120 valence electrons. The van der Waals surface area contributed by atoms with E-state index in [1.807, 2.05) is 6.07 Å². The first-order valence-electron chi connectivity index (χ1n) is 6.89. The Kier molecular flexibility index (Phi) is 5.03. The summed E-state index contributed by atoms with van der Waals surface area (Å²) in [6, 6.07) is 11.8. The van der Waals surface area contributed by atoms with Crippen molar-refractivity contribution in [3.05, 3.63) is 58.1 Å². The number of rotatable bonds is 3. The minimum Gasteiger partial charge on any atom is -0.410 e. The molecule has 1 heterocycles. The Morgan fingerprint density at radius 3 is 2.57 bits per heavy atom. The summed E-state index contributed by atoms with van der Waals surface area (Å²) < 4.78 is 16.2. The van der Waals surface area contributed by atoms with Crippen LogP contribution in [0.15, 0.2) is 42.5 Å². The minimum atomic E-state index is -0.645. The van der Waals surface area contributed by atoms with E-state index in [4.69, 9.17) is 37.4 Å². The quantitative estimate of drug-likeness (QED) is 0.872. The third kappa shape index (κ3) is 3.95. The van der Waals surface area contributed by atoms with Gasteiger partial charge < -0.3 is 14.2 Å². The van der Waals surface area contributed by atoms with E-state index in [0.717, 1.165) is 0 Å². The number of amides is 1. The highest BCUT2D eigenvalue weighted by atomic mass is 35.5. The number of hydrogen-bond acceptors (Lipinski definition) is 4. The summed E-state index contributed by atoms with van der Waals surface area (Å²) in [6.45, 7) is 1.02. The Morgan fingerprint density at radius 2 is 1.83 bits per heavy atom. The van der Waals surface area contributed by atoms with Crippen LogP contribution in [-0.2, 0) is 9.47 Å². The molecule has 0 atom stereocenters. The molecule has 0 radical (unpaired) electrons. The zero-order valence-electron chi connectivity index (χ0n) is 11.9. The molecular formula is C16H13Cl2NO4. The first-order valence-corrected chi connectivity index (χ1v) is 7.65. The molecule has 0 bridgehead atoms. The van der Waals surface area contributed by atoms with Crippen LogP contribution in [0.4, 0.5) is 10.5 Å². The molecule has 5 nitrogen and oxygen atoms in total. The molecule has 1 aliphatic rings. The van der Waals surface area contributed by atoms with Crippen LogP contribution in [0, 0.1) is 0 Å². The van der Waals surface area contributed by atoms with Gasteiger partial charge >= 0.3 is 6.09 Å². The lowest BCUT2D eigenvalue weighted by atomic mass is 10.2. The highest BCUT2D eigenvalue weighted by Gasteiger charge is 2.23. The summed E-state index contributed by atoms with van der Waals surface area (Å²) in [7, 11) is 0. The monoisotopic (exact) mass is 353 g/mol. The summed E-state index contributed by atoms with van der Waals surface area (Å²) in [4.78, 5) is 12.1. The lowest BCUT2D eigenvalue weighted by Gasteiger charge is -2.14. The Morgan fingerprint density at radius 1 is 1.09 bits per heavy atom. The van der Waals surface area contributed by atoms with E-state index < -0.39 is 12.4 Å². The molecule has 1 fully saturated rings. The van der Waals surface area contributed by atoms with E-state index in [1.165, 1.54) is 0 Å². The van der Waals surface area contributed by atoms with Crippen molar-refractivity contribution in [2.45, 2.75) is 6.29 Å². The van der Waals surface area contributed by atoms with Gasteiger partial charge in [0.1, 0.15) is 5.75 Å². The normalized spacial score (nSPS) is 14.7. The largest absolute Gasteiger partial charge is 0.417 e. The van der Waals surface area contributed by atoms with Crippen molar-refractivity contribution in [1.82, 2.24) is 0 Å². The predicted molar refractivity (Wildman–Crippen MR) is 87.2 cm³/mol. The topological polar surface area (TPSA) is 56.8 Å². The van der Waals surface area contributed by atoms with Crippen molar-refractivity contribution in [3.63, 3.8) is 0 Å². The van der Waals surface area contributed by atoms with Gasteiger partial charge in [-0.2, -0.15) is 0 Å². The van der Waals surface area contributed by atoms with Gasteiger partial charge in [0, 0.05) is 5.69 Å². The molecule has 0 aliphatic carbocycles. The third-order valence-corrected chi connectivity index (χ3v) is 3.90. The van der Waals surface area contributed by atoms with Crippen LogP contribution >= 0.6 is 23.2 Å². The first kappa shape index (κ1) is 16.1. The van der Waals surface area contributed by atoms with Crippen molar-refractivity contribution < 1.29 is 19.0 Å². The van der Waals surface area contributed by atoms with Gasteiger partial charge in [-0.3, -0.25) is 5.32 Å². The lowest BCUT2D eigenvalue weighted by molar-refractivity contribution is -0.0452. The van der Waals surface area contributed by atoms with Gasteiger partial charge in [-0.15, -0.1) is 0 Å². The maximum Gasteiger partial charge on any atom is 0.417 e. The van der Waals surface area contributed by atoms with Crippen molar-refractivity contribution in [2.24, 2.45) is 0 Å². The number of anilines is 1. The Hall–Kier alpha value is -1.79. The average Bonchev–Trinajstić information content (AvgIpc) is 3.06. The number of halogens is 2. The maximum absolute atomic E-state index is 12.1. The summed E-state index contributed by atoms with van der Waals surface area (Å²) >= 11 is 11.7. The van der Waals surface area contributed by atoms with E-state index in [9.17, 15) is 4.79 Å². The van der Waals surface area contributed by atoms with E-state index >= 15 is 0 Å². The lowest BCUT2D eigenvalue weighted by Crippen LogP contribution is -2.18. The zero-order chi connectivity index (χ0) is 16.2. The van der Waals surface area contributed by atoms with Crippen LogP contribution < -0.4 is 10.1 Å². The van der Waals surface area contributed by atoms with E-state index in [1.54, 1.807) is 36.4 Å². The van der Waals surface area contributed by atoms with Crippen LogP contribution in [0.5, 0.6) is 5.75 Å². The number of benzene rings is 2. The van der Waals surface area contributed by atoms with Crippen molar-refractivity contribution in [2.75, 3.05) is 18.5 Å². The van der Waals surface area contributed by atoms with Crippen molar-refractivity contribution >= 4 is 35.0 Å². The smallest absolute Gasteiger partial charge is 0.410 e. The number of para-hydroxylation sites is 1. The van der Waals surface area contributed by atoms with Gasteiger partial charge in [0.2, 0.25) is 0 Å². The Labute approximate surface area is 143 Å². The van der Waals surface area contributed by atoms with Gasteiger partial charge in [0.25, 0.3) is 0 Å². The standard InChI is InChI=1S/C16H13Cl2NO4/c17-12-6-5-10(9-13(12)18)19-16(20)23-14-4-2-1-3-11(14)15-21-7-8-22-15/h1-6,9,15H,7-8H2,(H,19,20). The van der Waals surface area contributed by atoms with Gasteiger partial charge in [-0.05, 0) is 24.3 Å². The molecule has 0 saturated carbocycles. The minimum absolute atomic E-state index is 0.345. The fraction of sp³-hybridized carbons (Fsp3) is 0.188. The summed E-state index contributed by atoms with van der Waals surface area (Å²) in [5.41, 5.74) is 1.14. The second-order valence-electron chi connectivity index (χ2n) is 4.75. The Bertz CT molecular complexity index is 717. The average molecular weight is 354 g/mol. The van der Waals surface area contributed by atoms with Crippen LogP contribution in [-0.4, -0.2) is 19.3 Å². The van der Waals surface area contributed by atoms with Crippen LogP contribution in [0.25, 0.3) is 0 Å². The molecule has 0 spiro atoms. The van der Waals surface area contributed by atoms with Gasteiger partial charge in [-0.1, -0.05) is 41.4 Å². The molecule has 0 unspecified atom stereocenters. The molecule has 1 N–H and O–H groups in total. The molecule has 2 aromatic rings. The number of hydrogen-bond donors (Lipinski definition) is 1. The number of ether oxygens (including phenoxy) is 3. The fourth-order valence-corrected chi connectivity index (χ4v) is 2.42. The predicted octanol–water partition coefficient (Wildman–Crippen LogP) is 4.65. The molecule has 0 aromatic heterocycles. The number of carbonyl (C=O) groups is 1. The highest BCUT2D eigenvalue weighted by molar-refractivity contribution is 6.42. The molecule has 7 heteroatoms.